The number of benzene rings is 2. The first-order chi connectivity index (χ1) is 17.1. The summed E-state index contributed by atoms with van der Waals surface area (Å²) in [5.74, 6) is -2.30. The van der Waals surface area contributed by atoms with Gasteiger partial charge in [0.1, 0.15) is 16.7 Å². The Morgan fingerprint density at radius 3 is 2.22 bits per heavy atom. The van der Waals surface area contributed by atoms with Crippen LogP contribution in [0.4, 0.5) is 15.8 Å². The fourth-order valence-corrected chi connectivity index (χ4v) is 4.32. The molecule has 1 atom stereocenters. The molecule has 0 radical (unpaired) electrons. The molecular formula is C25H28FN5O4S. The molecule has 0 saturated carbocycles. The molecule has 0 aliphatic rings. The van der Waals surface area contributed by atoms with Crippen LogP contribution in [0.2, 0.25) is 0 Å². The van der Waals surface area contributed by atoms with Gasteiger partial charge in [-0.2, -0.15) is 4.37 Å². The minimum Gasteiger partial charge on any atom is -0.395 e. The average molecular weight is 514 g/mol. The number of carbonyl (C=O) groups excluding carboxylic acids is 3. The number of nitrogens with one attached hydrogen (secondary N) is 1. The van der Waals surface area contributed by atoms with E-state index in [-0.39, 0.29) is 35.3 Å². The van der Waals surface area contributed by atoms with Gasteiger partial charge < -0.3 is 21.5 Å². The van der Waals surface area contributed by atoms with E-state index < -0.39 is 29.6 Å². The molecule has 3 rings (SSSR count). The molecule has 1 aromatic heterocycles. The van der Waals surface area contributed by atoms with Crippen molar-refractivity contribution in [1.29, 1.82) is 0 Å². The molecule has 0 aliphatic carbocycles. The zero-order valence-corrected chi connectivity index (χ0v) is 21.0. The highest BCUT2D eigenvalue weighted by Gasteiger charge is 2.36. The molecule has 0 fully saturated rings. The Bertz CT molecular complexity index is 1230. The molecule has 3 aromatic rings. The molecule has 1 heterocycles. The van der Waals surface area contributed by atoms with Gasteiger partial charge in [-0.05, 0) is 52.8 Å². The normalized spacial score (nSPS) is 11.8. The van der Waals surface area contributed by atoms with Crippen LogP contribution >= 0.6 is 11.5 Å². The molecule has 5 N–H and O–H groups in total. The van der Waals surface area contributed by atoms with Gasteiger partial charge in [-0.3, -0.25) is 19.3 Å². The minimum atomic E-state index is -1.20. The number of hydrogen-bond donors (Lipinski definition) is 3. The third kappa shape index (κ3) is 5.86. The summed E-state index contributed by atoms with van der Waals surface area (Å²) in [6.45, 7) is 4.51. The lowest BCUT2D eigenvalue weighted by molar-refractivity contribution is -0.122. The SMILES string of the molecule is COCCNC(=O)[C@H](c1ccc(F)cc1)N(C(=O)c1snc(C(N)=O)c1N)c1ccc(C(C)C)cc1. The van der Waals surface area contributed by atoms with Crippen LogP contribution in [0.5, 0.6) is 0 Å². The third-order valence-corrected chi connectivity index (χ3v) is 6.36. The van der Waals surface area contributed by atoms with E-state index in [0.29, 0.717) is 22.8 Å². The number of amides is 3. The number of hydrogen-bond acceptors (Lipinski definition) is 7. The fourth-order valence-electron chi connectivity index (χ4n) is 3.58. The molecule has 11 heteroatoms. The molecular weight excluding hydrogens is 485 g/mol. The van der Waals surface area contributed by atoms with Crippen LogP contribution in [0.1, 0.15) is 57.1 Å². The number of halogens is 1. The Kier molecular flexibility index (Phi) is 8.73. The van der Waals surface area contributed by atoms with Gasteiger partial charge in [0.05, 0.1) is 12.3 Å². The summed E-state index contributed by atoms with van der Waals surface area (Å²) in [6, 6.07) is 11.2. The number of nitrogens with two attached hydrogens (primary N) is 2. The second-order valence-corrected chi connectivity index (χ2v) is 9.07. The number of primary amides is 1. The summed E-state index contributed by atoms with van der Waals surface area (Å²) >= 11 is 0.713. The van der Waals surface area contributed by atoms with E-state index in [2.05, 4.69) is 9.69 Å². The van der Waals surface area contributed by atoms with Crippen molar-refractivity contribution in [2.45, 2.75) is 25.8 Å². The smallest absolute Gasteiger partial charge is 0.273 e. The summed E-state index contributed by atoms with van der Waals surface area (Å²) in [6.07, 6.45) is 0. The molecule has 0 bridgehead atoms. The zero-order chi connectivity index (χ0) is 26.4. The molecule has 3 amide bonds. The molecule has 190 valence electrons. The van der Waals surface area contributed by atoms with Gasteiger partial charge in [0.15, 0.2) is 5.69 Å². The number of nitrogen functional groups attached to an aromatic ring is 1. The van der Waals surface area contributed by atoms with E-state index in [1.807, 2.05) is 26.0 Å². The van der Waals surface area contributed by atoms with Crippen molar-refractivity contribution in [2.75, 3.05) is 30.9 Å². The molecule has 0 aliphatic heterocycles. The van der Waals surface area contributed by atoms with Crippen LogP contribution in [0.15, 0.2) is 48.5 Å². The first-order valence-electron chi connectivity index (χ1n) is 11.2. The van der Waals surface area contributed by atoms with Gasteiger partial charge in [-0.1, -0.05) is 38.1 Å². The Hall–Kier alpha value is -3.83. The lowest BCUT2D eigenvalue weighted by Crippen LogP contribution is -2.44. The van der Waals surface area contributed by atoms with Crippen molar-refractivity contribution in [3.8, 4) is 0 Å². The molecule has 2 aromatic carbocycles. The summed E-state index contributed by atoms with van der Waals surface area (Å²) in [5.41, 5.74) is 12.8. The third-order valence-electron chi connectivity index (χ3n) is 5.51. The van der Waals surface area contributed by atoms with Crippen molar-refractivity contribution in [1.82, 2.24) is 9.69 Å². The van der Waals surface area contributed by atoms with E-state index >= 15 is 0 Å². The van der Waals surface area contributed by atoms with Crippen molar-refractivity contribution in [2.24, 2.45) is 5.73 Å². The summed E-state index contributed by atoms with van der Waals surface area (Å²) in [7, 11) is 1.50. The van der Waals surface area contributed by atoms with Crippen LogP contribution in [-0.2, 0) is 9.53 Å². The van der Waals surface area contributed by atoms with Gasteiger partial charge in [0, 0.05) is 19.3 Å². The highest BCUT2D eigenvalue weighted by Crippen LogP contribution is 2.34. The maximum Gasteiger partial charge on any atom is 0.273 e. The number of aromatic nitrogens is 1. The first-order valence-corrected chi connectivity index (χ1v) is 11.9. The van der Waals surface area contributed by atoms with Crippen LogP contribution in [-0.4, -0.2) is 42.4 Å². The van der Waals surface area contributed by atoms with Gasteiger partial charge in [-0.25, -0.2) is 4.39 Å². The van der Waals surface area contributed by atoms with E-state index in [1.54, 1.807) is 12.1 Å². The predicted molar refractivity (Wildman–Crippen MR) is 136 cm³/mol. The van der Waals surface area contributed by atoms with Gasteiger partial charge in [-0.15, -0.1) is 0 Å². The summed E-state index contributed by atoms with van der Waals surface area (Å²) in [4.78, 5) is 40.3. The van der Waals surface area contributed by atoms with Crippen LogP contribution < -0.4 is 21.7 Å². The van der Waals surface area contributed by atoms with Crippen molar-refractivity contribution >= 4 is 40.6 Å². The van der Waals surface area contributed by atoms with Gasteiger partial charge in [0.25, 0.3) is 11.8 Å². The predicted octanol–water partition coefficient (Wildman–Crippen LogP) is 3.24. The Balaban J connectivity index is 2.18. The number of ether oxygens (including phenoxy) is 1. The maximum absolute atomic E-state index is 13.9. The van der Waals surface area contributed by atoms with E-state index in [4.69, 9.17) is 16.2 Å². The largest absolute Gasteiger partial charge is 0.395 e. The van der Waals surface area contributed by atoms with E-state index in [1.165, 1.54) is 36.3 Å². The number of anilines is 2. The average Bonchev–Trinajstić information content (AvgIpc) is 3.24. The quantitative estimate of drug-likeness (QED) is 0.356. The number of carbonyl (C=O) groups is 3. The van der Waals surface area contributed by atoms with Crippen LogP contribution in [0, 0.1) is 5.82 Å². The van der Waals surface area contributed by atoms with Gasteiger partial charge >= 0.3 is 0 Å². The molecule has 36 heavy (non-hydrogen) atoms. The number of nitrogens with zero attached hydrogens (tertiary/aromatic N) is 2. The standard InChI is InChI=1S/C25H28FN5O4S/c1-14(2)15-6-10-18(11-7-15)31(25(34)22-19(27)20(23(28)32)30-36-22)21(24(33)29-12-13-35-3)16-4-8-17(26)9-5-16/h4-11,14,21H,12-13,27H2,1-3H3,(H2,28,32)(H,29,33)/t21-/m0/s1. The van der Waals surface area contributed by atoms with E-state index in [0.717, 1.165) is 5.56 Å². The highest BCUT2D eigenvalue weighted by atomic mass is 32.1. The summed E-state index contributed by atoms with van der Waals surface area (Å²) < 4.78 is 22.7. The minimum absolute atomic E-state index is 0.0476. The van der Waals surface area contributed by atoms with Crippen LogP contribution in [0.25, 0.3) is 0 Å². The van der Waals surface area contributed by atoms with Crippen molar-refractivity contribution in [3.05, 3.63) is 76.0 Å². The molecule has 0 unspecified atom stereocenters. The van der Waals surface area contributed by atoms with Crippen LogP contribution in [0.3, 0.4) is 0 Å². The fraction of sp³-hybridized carbons (Fsp3) is 0.280. The van der Waals surface area contributed by atoms with E-state index in [9.17, 15) is 18.8 Å². The second-order valence-electron chi connectivity index (χ2n) is 8.30. The molecule has 9 nitrogen and oxygen atoms in total. The van der Waals surface area contributed by atoms with Crippen molar-refractivity contribution in [3.63, 3.8) is 0 Å². The lowest BCUT2D eigenvalue weighted by Gasteiger charge is -2.31. The number of rotatable bonds is 10. The second kappa shape index (κ2) is 11.7. The zero-order valence-electron chi connectivity index (χ0n) is 20.2. The number of methoxy groups -OCH3 is 1. The first kappa shape index (κ1) is 26.8. The topological polar surface area (TPSA) is 141 Å². The van der Waals surface area contributed by atoms with Crippen molar-refractivity contribution < 1.29 is 23.5 Å². The molecule has 0 saturated heterocycles. The monoisotopic (exact) mass is 513 g/mol. The Morgan fingerprint density at radius 1 is 1.08 bits per heavy atom. The van der Waals surface area contributed by atoms with Gasteiger partial charge in [0.2, 0.25) is 5.91 Å². The highest BCUT2D eigenvalue weighted by molar-refractivity contribution is 7.09. The molecule has 0 spiro atoms. The lowest BCUT2D eigenvalue weighted by atomic mass is 10.00. The Labute approximate surface area is 212 Å². The Morgan fingerprint density at radius 2 is 1.69 bits per heavy atom. The maximum atomic E-state index is 13.9. The summed E-state index contributed by atoms with van der Waals surface area (Å²) in [5, 5.41) is 2.75.